The van der Waals surface area contributed by atoms with Gasteiger partial charge >= 0.3 is 12.3 Å². The molecule has 0 radical (unpaired) electrons. The van der Waals surface area contributed by atoms with Crippen molar-refractivity contribution in [2.45, 2.75) is 19.8 Å². The molecule has 0 aliphatic rings. The van der Waals surface area contributed by atoms with Crippen LogP contribution in [0.5, 0.6) is 5.88 Å². The Morgan fingerprint density at radius 1 is 1.50 bits per heavy atom. The minimum Gasteiger partial charge on any atom is -0.464 e. The van der Waals surface area contributed by atoms with Crippen molar-refractivity contribution in [3.63, 3.8) is 0 Å². The standard InChI is InChI=1S/C10H11F3N2O3/c1-5-3-6(4-14)7(9(16)17-2)15-8(5)18-10(11,12)13/h3H,4,14H2,1-2H3. The summed E-state index contributed by atoms with van der Waals surface area (Å²) in [5.41, 5.74) is 5.50. The number of aromatic nitrogens is 1. The van der Waals surface area contributed by atoms with E-state index in [1.807, 2.05) is 0 Å². The maximum Gasteiger partial charge on any atom is 0.574 e. The molecule has 0 amide bonds. The van der Waals surface area contributed by atoms with Crippen molar-refractivity contribution in [3.05, 3.63) is 22.9 Å². The first-order valence-corrected chi connectivity index (χ1v) is 4.83. The summed E-state index contributed by atoms with van der Waals surface area (Å²) in [6.45, 7) is 1.32. The number of pyridine rings is 1. The number of hydrogen-bond donors (Lipinski definition) is 1. The zero-order valence-corrected chi connectivity index (χ0v) is 9.67. The van der Waals surface area contributed by atoms with Crippen LogP contribution < -0.4 is 10.5 Å². The third-order valence-electron chi connectivity index (χ3n) is 2.06. The van der Waals surface area contributed by atoms with E-state index < -0.39 is 18.2 Å². The van der Waals surface area contributed by atoms with E-state index in [0.717, 1.165) is 7.11 Å². The van der Waals surface area contributed by atoms with Gasteiger partial charge in [0.15, 0.2) is 5.69 Å². The number of nitrogens with two attached hydrogens (primary N) is 1. The minimum atomic E-state index is -4.88. The van der Waals surface area contributed by atoms with Crippen LogP contribution in [0.1, 0.15) is 21.6 Å². The number of ether oxygens (including phenoxy) is 2. The summed E-state index contributed by atoms with van der Waals surface area (Å²) in [6.07, 6.45) is -4.88. The molecule has 0 unspecified atom stereocenters. The molecule has 0 aliphatic heterocycles. The number of esters is 1. The molecule has 0 aliphatic carbocycles. The van der Waals surface area contributed by atoms with E-state index in [1.54, 1.807) is 0 Å². The van der Waals surface area contributed by atoms with E-state index in [9.17, 15) is 18.0 Å². The number of nitrogens with zero attached hydrogens (tertiary/aromatic N) is 1. The van der Waals surface area contributed by atoms with E-state index in [0.29, 0.717) is 0 Å². The highest BCUT2D eigenvalue weighted by atomic mass is 19.4. The van der Waals surface area contributed by atoms with Crippen LogP contribution in [0.25, 0.3) is 0 Å². The summed E-state index contributed by atoms with van der Waals surface area (Å²) in [6, 6.07) is 1.31. The average molecular weight is 264 g/mol. The molecule has 0 saturated carbocycles. The number of hydrogen-bond acceptors (Lipinski definition) is 5. The fourth-order valence-electron chi connectivity index (χ4n) is 1.29. The largest absolute Gasteiger partial charge is 0.574 e. The van der Waals surface area contributed by atoms with Crippen molar-refractivity contribution in [1.29, 1.82) is 0 Å². The Kier molecular flexibility index (Phi) is 4.12. The number of carbonyl (C=O) groups excluding carboxylic acids is 1. The topological polar surface area (TPSA) is 74.4 Å². The van der Waals surface area contributed by atoms with Gasteiger partial charge in [-0.1, -0.05) is 0 Å². The van der Waals surface area contributed by atoms with Gasteiger partial charge in [0.25, 0.3) is 0 Å². The van der Waals surface area contributed by atoms with Crippen LogP contribution >= 0.6 is 0 Å². The van der Waals surface area contributed by atoms with Crippen LogP contribution in [0.3, 0.4) is 0 Å². The summed E-state index contributed by atoms with van der Waals surface area (Å²) in [4.78, 5) is 14.8. The second-order valence-corrected chi connectivity index (χ2v) is 3.36. The van der Waals surface area contributed by atoms with Crippen LogP contribution in [0.15, 0.2) is 6.07 Å². The predicted molar refractivity (Wildman–Crippen MR) is 54.9 cm³/mol. The number of carbonyl (C=O) groups is 1. The molecule has 0 bridgehead atoms. The zero-order valence-electron chi connectivity index (χ0n) is 9.67. The lowest BCUT2D eigenvalue weighted by atomic mass is 10.1. The second-order valence-electron chi connectivity index (χ2n) is 3.36. The molecule has 0 fully saturated rings. The van der Waals surface area contributed by atoms with Gasteiger partial charge < -0.3 is 15.2 Å². The van der Waals surface area contributed by atoms with Crippen LogP contribution in [0, 0.1) is 6.92 Å². The molecule has 2 N–H and O–H groups in total. The lowest BCUT2D eigenvalue weighted by Crippen LogP contribution is -2.20. The summed E-state index contributed by atoms with van der Waals surface area (Å²) in [5.74, 6) is -1.57. The molecule has 1 rings (SSSR count). The van der Waals surface area contributed by atoms with E-state index in [2.05, 4.69) is 14.5 Å². The number of methoxy groups -OCH3 is 1. The van der Waals surface area contributed by atoms with Crippen LogP contribution in [-0.2, 0) is 11.3 Å². The molecule has 1 heterocycles. The van der Waals surface area contributed by atoms with Crippen molar-refractivity contribution < 1.29 is 27.4 Å². The Morgan fingerprint density at radius 2 is 2.11 bits per heavy atom. The first-order chi connectivity index (χ1) is 8.28. The number of aryl methyl sites for hydroxylation is 1. The molecule has 100 valence electrons. The van der Waals surface area contributed by atoms with Gasteiger partial charge in [-0.3, -0.25) is 0 Å². The number of alkyl halides is 3. The molecule has 18 heavy (non-hydrogen) atoms. The monoisotopic (exact) mass is 264 g/mol. The predicted octanol–water partition coefficient (Wildman–Crippen LogP) is 1.53. The fourth-order valence-corrected chi connectivity index (χ4v) is 1.29. The Bertz CT molecular complexity index is 460. The molecule has 1 aromatic rings. The van der Waals surface area contributed by atoms with Gasteiger partial charge in [-0.2, -0.15) is 0 Å². The van der Waals surface area contributed by atoms with Crippen molar-refractivity contribution in [2.24, 2.45) is 5.73 Å². The second kappa shape index (κ2) is 5.21. The summed E-state index contributed by atoms with van der Waals surface area (Å²) in [7, 11) is 1.09. The summed E-state index contributed by atoms with van der Waals surface area (Å²) < 4.78 is 44.5. The fraction of sp³-hybridized carbons (Fsp3) is 0.400. The molecule has 8 heteroatoms. The van der Waals surface area contributed by atoms with Gasteiger partial charge in [-0.25, -0.2) is 9.78 Å². The number of rotatable bonds is 3. The van der Waals surface area contributed by atoms with Gasteiger partial charge in [-0.05, 0) is 18.6 Å². The Hall–Kier alpha value is -1.83. The first-order valence-electron chi connectivity index (χ1n) is 4.83. The molecular formula is C10H11F3N2O3. The molecule has 1 aromatic heterocycles. The Morgan fingerprint density at radius 3 is 2.56 bits per heavy atom. The lowest BCUT2D eigenvalue weighted by molar-refractivity contribution is -0.276. The summed E-state index contributed by atoms with van der Waals surface area (Å²) in [5, 5.41) is 0. The van der Waals surface area contributed by atoms with E-state index in [-0.39, 0.29) is 23.4 Å². The van der Waals surface area contributed by atoms with Crippen LogP contribution in [-0.4, -0.2) is 24.4 Å². The average Bonchev–Trinajstić information content (AvgIpc) is 2.28. The molecular weight excluding hydrogens is 253 g/mol. The van der Waals surface area contributed by atoms with Crippen LogP contribution in [0.4, 0.5) is 13.2 Å². The highest BCUT2D eigenvalue weighted by molar-refractivity contribution is 5.89. The van der Waals surface area contributed by atoms with Crippen molar-refractivity contribution in [2.75, 3.05) is 7.11 Å². The molecule has 0 spiro atoms. The Balaban J connectivity index is 3.25. The normalized spacial score (nSPS) is 11.2. The van der Waals surface area contributed by atoms with Gasteiger partial charge in [0, 0.05) is 12.1 Å². The lowest BCUT2D eigenvalue weighted by Gasteiger charge is -2.13. The molecule has 5 nitrogen and oxygen atoms in total. The smallest absolute Gasteiger partial charge is 0.464 e. The van der Waals surface area contributed by atoms with E-state index in [1.165, 1.54) is 13.0 Å². The van der Waals surface area contributed by atoms with E-state index in [4.69, 9.17) is 5.73 Å². The van der Waals surface area contributed by atoms with Crippen LogP contribution in [0.2, 0.25) is 0 Å². The minimum absolute atomic E-state index is 0.0510. The van der Waals surface area contributed by atoms with Gasteiger partial charge in [0.2, 0.25) is 5.88 Å². The van der Waals surface area contributed by atoms with Gasteiger partial charge in [-0.15, -0.1) is 13.2 Å². The van der Waals surface area contributed by atoms with Crippen molar-refractivity contribution in [1.82, 2.24) is 4.98 Å². The number of halogens is 3. The van der Waals surface area contributed by atoms with Gasteiger partial charge in [0.1, 0.15) is 0 Å². The molecule has 0 aromatic carbocycles. The summed E-state index contributed by atoms with van der Waals surface area (Å²) >= 11 is 0. The van der Waals surface area contributed by atoms with E-state index >= 15 is 0 Å². The SMILES string of the molecule is COC(=O)c1nc(OC(F)(F)F)c(C)cc1CN. The van der Waals surface area contributed by atoms with Crippen molar-refractivity contribution >= 4 is 5.97 Å². The quantitative estimate of drug-likeness (QED) is 0.838. The maximum atomic E-state index is 12.1. The Labute approximate surface area is 101 Å². The molecule has 0 saturated heterocycles. The molecule has 0 atom stereocenters. The van der Waals surface area contributed by atoms with Crippen molar-refractivity contribution in [3.8, 4) is 5.88 Å². The third-order valence-corrected chi connectivity index (χ3v) is 2.06. The third kappa shape index (κ3) is 3.33. The maximum absolute atomic E-state index is 12.1. The highest BCUT2D eigenvalue weighted by Gasteiger charge is 2.33. The zero-order chi connectivity index (χ0) is 13.9. The highest BCUT2D eigenvalue weighted by Crippen LogP contribution is 2.26. The van der Waals surface area contributed by atoms with Gasteiger partial charge in [0.05, 0.1) is 7.11 Å². The first kappa shape index (κ1) is 14.2.